The maximum atomic E-state index is 13.2. The first-order chi connectivity index (χ1) is 12.1. The summed E-state index contributed by atoms with van der Waals surface area (Å²) in [4.78, 5) is 10.5. The molecular weight excluding hydrogens is 323 g/mol. The van der Waals surface area contributed by atoms with Gasteiger partial charge in [0.1, 0.15) is 11.6 Å². The van der Waals surface area contributed by atoms with Gasteiger partial charge >= 0.3 is 0 Å². The quantitative estimate of drug-likeness (QED) is 0.754. The fourth-order valence-corrected chi connectivity index (χ4v) is 3.18. The van der Waals surface area contributed by atoms with Crippen LogP contribution >= 0.6 is 0 Å². The smallest absolute Gasteiger partial charge is 0.224 e. The molecule has 128 valence electrons. The van der Waals surface area contributed by atoms with Gasteiger partial charge < -0.3 is 15.7 Å². The number of aliphatic hydroxyl groups excluding tert-OH is 1. The van der Waals surface area contributed by atoms with E-state index in [2.05, 4.69) is 15.1 Å². The van der Waals surface area contributed by atoms with Crippen molar-refractivity contribution >= 4 is 11.8 Å². The van der Waals surface area contributed by atoms with Crippen LogP contribution in [0.2, 0.25) is 0 Å². The summed E-state index contributed by atoms with van der Waals surface area (Å²) in [6, 6.07) is 9.74. The fourth-order valence-electron chi connectivity index (χ4n) is 3.18. The van der Waals surface area contributed by atoms with Gasteiger partial charge in [-0.05, 0) is 30.2 Å². The first kappa shape index (κ1) is 15.5. The lowest BCUT2D eigenvalue weighted by molar-refractivity contribution is 0.194. The Kier molecular flexibility index (Phi) is 3.81. The van der Waals surface area contributed by atoms with Crippen LogP contribution in [-0.2, 0) is 0 Å². The third-order valence-corrected chi connectivity index (χ3v) is 4.28. The summed E-state index contributed by atoms with van der Waals surface area (Å²) >= 11 is 0. The zero-order valence-corrected chi connectivity index (χ0v) is 13.3. The van der Waals surface area contributed by atoms with Gasteiger partial charge in [-0.1, -0.05) is 12.1 Å². The lowest BCUT2D eigenvalue weighted by Crippen LogP contribution is -2.26. The fraction of sp³-hybridized carbons (Fsp3) is 0.235. The van der Waals surface area contributed by atoms with Crippen molar-refractivity contribution in [2.75, 3.05) is 17.2 Å². The highest BCUT2D eigenvalue weighted by atomic mass is 19.1. The van der Waals surface area contributed by atoms with E-state index >= 15 is 0 Å². The Hall–Kier alpha value is -3.00. The SMILES string of the molecule is Nc1nc(N2C[C@@H](O)C[C@H]2c2ccc(F)cc2)cc(-n2cccn2)n1. The number of aliphatic hydroxyl groups is 1. The minimum atomic E-state index is -0.501. The van der Waals surface area contributed by atoms with Crippen molar-refractivity contribution in [3.05, 3.63) is 60.2 Å². The van der Waals surface area contributed by atoms with Crippen molar-refractivity contribution in [2.24, 2.45) is 0 Å². The van der Waals surface area contributed by atoms with Crippen molar-refractivity contribution in [3.63, 3.8) is 0 Å². The molecule has 1 saturated heterocycles. The van der Waals surface area contributed by atoms with Gasteiger partial charge in [0.25, 0.3) is 0 Å². The molecule has 0 unspecified atom stereocenters. The molecule has 8 heteroatoms. The molecule has 0 amide bonds. The summed E-state index contributed by atoms with van der Waals surface area (Å²) in [5, 5.41) is 14.3. The molecule has 3 aromatic rings. The van der Waals surface area contributed by atoms with Crippen LogP contribution in [0.25, 0.3) is 5.82 Å². The summed E-state index contributed by atoms with van der Waals surface area (Å²) < 4.78 is 14.8. The van der Waals surface area contributed by atoms with E-state index in [1.165, 1.54) is 12.1 Å². The second kappa shape index (κ2) is 6.14. The van der Waals surface area contributed by atoms with Crippen molar-refractivity contribution < 1.29 is 9.50 Å². The summed E-state index contributed by atoms with van der Waals surface area (Å²) in [6.45, 7) is 0.414. The maximum Gasteiger partial charge on any atom is 0.224 e. The van der Waals surface area contributed by atoms with Crippen molar-refractivity contribution in [2.45, 2.75) is 18.6 Å². The monoisotopic (exact) mass is 340 g/mol. The maximum absolute atomic E-state index is 13.2. The lowest BCUT2D eigenvalue weighted by Gasteiger charge is -2.26. The second-order valence-electron chi connectivity index (χ2n) is 6.00. The largest absolute Gasteiger partial charge is 0.391 e. The summed E-state index contributed by atoms with van der Waals surface area (Å²) in [5.74, 6) is 0.985. The molecule has 1 aromatic carbocycles. The average Bonchev–Trinajstić information content (AvgIpc) is 3.25. The number of β-amino-alcohol motifs (C(OH)–C–C–N with tert-alkyl or cyclic N) is 1. The van der Waals surface area contributed by atoms with Crippen LogP contribution in [0, 0.1) is 5.82 Å². The predicted octanol–water partition coefficient (Wildman–Crippen LogP) is 1.70. The minimum absolute atomic E-state index is 0.115. The Morgan fingerprint density at radius 3 is 2.64 bits per heavy atom. The zero-order valence-electron chi connectivity index (χ0n) is 13.3. The molecule has 25 heavy (non-hydrogen) atoms. The van der Waals surface area contributed by atoms with Gasteiger partial charge in [0.05, 0.1) is 12.1 Å². The van der Waals surface area contributed by atoms with Crippen molar-refractivity contribution in [1.29, 1.82) is 0 Å². The molecule has 3 N–H and O–H groups in total. The minimum Gasteiger partial charge on any atom is -0.391 e. The predicted molar refractivity (Wildman–Crippen MR) is 90.7 cm³/mol. The topological polar surface area (TPSA) is 93.1 Å². The molecule has 7 nitrogen and oxygen atoms in total. The van der Waals surface area contributed by atoms with Gasteiger partial charge in [0.15, 0.2) is 5.82 Å². The molecule has 0 bridgehead atoms. The van der Waals surface area contributed by atoms with Gasteiger partial charge in [-0.3, -0.25) is 0 Å². The van der Waals surface area contributed by atoms with E-state index in [0.29, 0.717) is 24.6 Å². The van der Waals surface area contributed by atoms with E-state index in [0.717, 1.165) is 5.56 Å². The standard InChI is InChI=1S/C17H17FN6O/c18-12-4-2-11(3-5-12)14-8-13(25)10-23(14)15-9-16(22-17(19)21-15)24-7-1-6-20-24/h1-7,9,13-14,25H,8,10H2,(H2,19,21,22)/t13-,14-/m0/s1. The van der Waals surface area contributed by atoms with E-state index in [-0.39, 0.29) is 17.8 Å². The molecule has 1 fully saturated rings. The molecule has 1 aliphatic rings. The number of nitrogen functional groups attached to an aromatic ring is 1. The van der Waals surface area contributed by atoms with Crippen LogP contribution in [0.3, 0.4) is 0 Å². The number of nitrogens with zero attached hydrogens (tertiary/aromatic N) is 5. The summed E-state index contributed by atoms with van der Waals surface area (Å²) in [5.41, 5.74) is 6.78. The molecule has 0 radical (unpaired) electrons. The number of hydrogen-bond donors (Lipinski definition) is 2. The molecule has 1 aliphatic heterocycles. The molecule has 4 rings (SSSR count). The average molecular weight is 340 g/mol. The number of nitrogens with two attached hydrogens (primary N) is 1. The van der Waals surface area contributed by atoms with Gasteiger partial charge in [-0.25, -0.2) is 9.07 Å². The molecule has 0 spiro atoms. The number of halogens is 1. The third-order valence-electron chi connectivity index (χ3n) is 4.28. The van der Waals surface area contributed by atoms with E-state index in [1.54, 1.807) is 41.3 Å². The van der Waals surface area contributed by atoms with Gasteiger partial charge in [0.2, 0.25) is 5.95 Å². The highest BCUT2D eigenvalue weighted by Crippen LogP contribution is 2.36. The second-order valence-corrected chi connectivity index (χ2v) is 6.00. The zero-order chi connectivity index (χ0) is 17.4. The van der Waals surface area contributed by atoms with Gasteiger partial charge in [-0.15, -0.1) is 0 Å². The van der Waals surface area contributed by atoms with E-state index in [4.69, 9.17) is 5.73 Å². The third kappa shape index (κ3) is 3.03. The number of hydrogen-bond acceptors (Lipinski definition) is 6. The van der Waals surface area contributed by atoms with Crippen LogP contribution in [0.5, 0.6) is 0 Å². The van der Waals surface area contributed by atoms with Crippen LogP contribution in [-0.4, -0.2) is 37.5 Å². The van der Waals surface area contributed by atoms with Crippen LogP contribution in [0.1, 0.15) is 18.0 Å². The van der Waals surface area contributed by atoms with Gasteiger partial charge in [0, 0.05) is 25.0 Å². The number of anilines is 2. The van der Waals surface area contributed by atoms with E-state index in [1.807, 2.05) is 4.90 Å². The Bertz CT molecular complexity index is 867. The lowest BCUT2D eigenvalue weighted by atomic mass is 10.0. The Morgan fingerprint density at radius 2 is 1.92 bits per heavy atom. The highest BCUT2D eigenvalue weighted by molar-refractivity contribution is 5.51. The Labute approximate surface area is 143 Å². The highest BCUT2D eigenvalue weighted by Gasteiger charge is 2.33. The van der Waals surface area contributed by atoms with Crippen LogP contribution < -0.4 is 10.6 Å². The number of aromatic nitrogens is 4. The van der Waals surface area contributed by atoms with Crippen LogP contribution in [0.4, 0.5) is 16.2 Å². The summed E-state index contributed by atoms with van der Waals surface area (Å²) in [7, 11) is 0. The Morgan fingerprint density at radius 1 is 1.16 bits per heavy atom. The molecule has 0 saturated carbocycles. The molecular formula is C17H17FN6O. The van der Waals surface area contributed by atoms with Gasteiger partial charge in [-0.2, -0.15) is 15.1 Å². The normalized spacial score (nSPS) is 20.2. The van der Waals surface area contributed by atoms with E-state index in [9.17, 15) is 9.50 Å². The molecule has 2 atom stereocenters. The molecule has 3 heterocycles. The first-order valence-corrected chi connectivity index (χ1v) is 7.95. The molecule has 2 aromatic heterocycles. The van der Waals surface area contributed by atoms with Crippen LogP contribution in [0.15, 0.2) is 48.8 Å². The van der Waals surface area contributed by atoms with Crippen molar-refractivity contribution in [3.8, 4) is 5.82 Å². The number of rotatable bonds is 3. The first-order valence-electron chi connectivity index (χ1n) is 7.95. The van der Waals surface area contributed by atoms with E-state index < -0.39 is 6.10 Å². The molecule has 0 aliphatic carbocycles. The Balaban J connectivity index is 1.73. The summed E-state index contributed by atoms with van der Waals surface area (Å²) in [6.07, 6.45) is 3.45. The van der Waals surface area contributed by atoms with Crippen molar-refractivity contribution in [1.82, 2.24) is 19.7 Å². The number of benzene rings is 1.